The maximum Gasteiger partial charge on any atom is 0 e. The molecule has 3 aromatic heterocycles. The van der Waals surface area contributed by atoms with E-state index in [1.165, 1.54) is 0 Å². The van der Waals surface area contributed by atoms with Gasteiger partial charge in [-0.2, -0.15) is 9.12 Å². The first kappa shape index (κ1) is 36.8. The molecule has 2 aromatic carbocycles. The SMILES string of the molecule is O=C(O)c1ccc(-c2c3nc(cc4ccc([nH]4)c(-c4ccc(C(=O)O)cc4)c4nc(cc5ccc2[nH]5)C=C4)C=C3)cc1.[B]P.[Cl][Hf]([Cl])([Cl])[Cl].[HH]. The fourth-order valence-electron chi connectivity index (χ4n) is 5.24. The number of nitrogens with one attached hydrogen (secondary N) is 2. The Bertz CT molecular complexity index is 2120. The number of aromatic nitrogens is 4. The maximum atomic E-state index is 11.4. The van der Waals surface area contributed by atoms with Crippen LogP contribution in [0.3, 0.4) is 0 Å². The molecule has 4 N–H and O–H groups in total. The number of hydrogen-bond acceptors (Lipinski definition) is 4. The molecule has 2 aliphatic rings. The van der Waals surface area contributed by atoms with E-state index in [9.17, 15) is 19.8 Å². The van der Waals surface area contributed by atoms with Gasteiger partial charge in [0, 0.05) is 34.6 Å². The Morgan fingerprint density at radius 2 is 0.959 bits per heavy atom. The molecule has 2 radical (unpaired) electrons. The van der Waals surface area contributed by atoms with Gasteiger partial charge in [-0.25, -0.2) is 19.6 Å². The van der Waals surface area contributed by atoms with E-state index in [0.29, 0.717) is 0 Å². The normalized spacial score (nSPS) is 11.6. The van der Waals surface area contributed by atoms with Crippen molar-refractivity contribution in [3.63, 3.8) is 0 Å². The van der Waals surface area contributed by atoms with Crippen LogP contribution in [0.5, 0.6) is 0 Å². The topological polar surface area (TPSA) is 132 Å². The van der Waals surface area contributed by atoms with Crippen LogP contribution in [0.25, 0.3) is 68.6 Å². The maximum absolute atomic E-state index is 11.4. The number of H-pyrrole nitrogens is 2. The van der Waals surface area contributed by atoms with E-state index in [0.717, 1.165) is 67.1 Å². The minimum atomic E-state index is -3.39. The smallest absolute Gasteiger partial charge is 0 e. The van der Waals surface area contributed by atoms with Gasteiger partial charge in [0.15, 0.2) is 0 Å². The summed E-state index contributed by atoms with van der Waals surface area (Å²) in [4.78, 5) is 39.6. The number of aromatic carboxylic acids is 2. The molecule has 7 rings (SSSR count). The minimum absolute atomic E-state index is 0. The Hall–Kier alpha value is -3.49. The van der Waals surface area contributed by atoms with Crippen LogP contribution < -0.4 is 0 Å². The summed E-state index contributed by atoms with van der Waals surface area (Å²) in [5.41, 5.74) is 10.2. The van der Waals surface area contributed by atoms with Crippen LogP contribution in [0.15, 0.2) is 84.9 Å². The second-order valence-corrected chi connectivity index (χ2v) is 41.5. The Balaban J connectivity index is 0.000000648. The number of carboxylic acids is 2. The van der Waals surface area contributed by atoms with Crippen LogP contribution in [-0.4, -0.2) is 49.7 Å². The predicted molar refractivity (Wildman–Crippen MR) is 205 cm³/mol. The molecule has 49 heavy (non-hydrogen) atoms. The van der Waals surface area contributed by atoms with Crippen LogP contribution in [-0.2, 0) is 15.2 Å². The molecule has 8 nitrogen and oxygen atoms in total. The average molecular weight is 917 g/mol. The fraction of sp³-hybridized carbons (Fsp3) is 0. The molecule has 15 heteroatoms. The first-order valence-electron chi connectivity index (χ1n) is 14.3. The van der Waals surface area contributed by atoms with E-state index < -0.39 is 27.2 Å². The van der Waals surface area contributed by atoms with Crippen molar-refractivity contribution in [3.8, 4) is 22.3 Å². The van der Waals surface area contributed by atoms with Crippen LogP contribution in [0.4, 0.5) is 0 Å². The van der Waals surface area contributed by atoms with Crippen molar-refractivity contribution < 1.29 is 36.5 Å². The molecule has 5 aromatic rings. The molecular formula is C34H26BCl4HfN4O4P. The van der Waals surface area contributed by atoms with E-state index >= 15 is 0 Å². The molecule has 1 atom stereocenters. The molecule has 2 aliphatic heterocycles. The summed E-state index contributed by atoms with van der Waals surface area (Å²) in [6.45, 7) is 0. The number of carbonyl (C=O) groups is 2. The van der Waals surface area contributed by atoms with Crippen molar-refractivity contribution in [3.05, 3.63) is 119 Å². The number of benzene rings is 2. The van der Waals surface area contributed by atoms with Gasteiger partial charge < -0.3 is 20.2 Å². The van der Waals surface area contributed by atoms with Crippen LogP contribution in [0, 0.1) is 0 Å². The van der Waals surface area contributed by atoms with Crippen molar-refractivity contribution in [1.29, 1.82) is 0 Å². The minimum Gasteiger partial charge on any atom is 0 e. The molecule has 0 saturated carbocycles. The molecule has 8 bridgehead atoms. The van der Waals surface area contributed by atoms with Gasteiger partial charge in [-0.1, -0.05) is 24.3 Å². The third kappa shape index (κ3) is 9.40. The number of halogens is 4. The number of nitrogens with zero attached hydrogens (tertiary/aromatic N) is 2. The zero-order valence-corrected chi connectivity index (χ0v) is 32.9. The molecule has 1 unspecified atom stereocenters. The molecule has 0 fully saturated rings. The van der Waals surface area contributed by atoms with Gasteiger partial charge in [-0.05, 0) is 96.1 Å². The molecular weight excluding hydrogens is 890 g/mol. The molecule has 246 valence electrons. The monoisotopic (exact) mass is 916 g/mol. The number of fused-ring (bicyclic) bond motifs is 8. The van der Waals surface area contributed by atoms with Gasteiger partial charge in [-0.15, -0.1) is 0 Å². The van der Waals surface area contributed by atoms with Crippen LogP contribution >= 0.6 is 43.4 Å². The van der Waals surface area contributed by atoms with Gasteiger partial charge >= 0.3 is 61.5 Å². The van der Waals surface area contributed by atoms with E-state index in [2.05, 4.69) is 17.5 Å². The summed E-state index contributed by atoms with van der Waals surface area (Å²) in [7, 11) is 26.5. The summed E-state index contributed by atoms with van der Waals surface area (Å²) in [6, 6.07) is 25.3. The zero-order valence-electron chi connectivity index (χ0n) is 25.2. The largest absolute Gasteiger partial charge is 0 e. The average Bonchev–Trinajstić information content (AvgIpc) is 3.89. The quantitative estimate of drug-likeness (QED) is 0.103. The van der Waals surface area contributed by atoms with Gasteiger partial charge in [0.2, 0.25) is 0 Å². The summed E-state index contributed by atoms with van der Waals surface area (Å²) in [5.74, 6) is -1.96. The molecule has 0 amide bonds. The second-order valence-electron chi connectivity index (χ2n) is 10.4. The Labute approximate surface area is 304 Å². The summed E-state index contributed by atoms with van der Waals surface area (Å²) >= 11 is -3.39. The molecule has 0 spiro atoms. The van der Waals surface area contributed by atoms with Gasteiger partial charge in [-0.3, -0.25) is 0 Å². The third-order valence-corrected chi connectivity index (χ3v) is 7.24. The Morgan fingerprint density at radius 1 is 0.612 bits per heavy atom. The number of hydrogen-bond donors (Lipinski definition) is 4. The summed E-state index contributed by atoms with van der Waals surface area (Å²) in [6.07, 6.45) is 7.78. The van der Waals surface area contributed by atoms with Crippen molar-refractivity contribution in [2.45, 2.75) is 0 Å². The number of carboxylic acid groups (broad SMARTS) is 2. The zero-order chi connectivity index (χ0) is 35.3. The fourth-order valence-corrected chi connectivity index (χ4v) is 5.24. The predicted octanol–water partition coefficient (Wildman–Crippen LogP) is 10.3. The summed E-state index contributed by atoms with van der Waals surface area (Å²) < 4.78 is 0. The van der Waals surface area contributed by atoms with Crippen LogP contribution in [0.1, 0.15) is 44.9 Å². The molecule has 5 heterocycles. The van der Waals surface area contributed by atoms with Crippen molar-refractivity contribution >= 4 is 109 Å². The number of rotatable bonds is 4. The van der Waals surface area contributed by atoms with Gasteiger partial charge in [0.05, 0.1) is 41.5 Å². The third-order valence-electron chi connectivity index (χ3n) is 7.24. The Morgan fingerprint density at radius 3 is 1.29 bits per heavy atom. The molecule has 0 saturated heterocycles. The van der Waals surface area contributed by atoms with E-state index in [4.69, 9.17) is 44.3 Å². The van der Waals surface area contributed by atoms with Crippen molar-refractivity contribution in [1.82, 2.24) is 19.9 Å². The van der Waals surface area contributed by atoms with E-state index in [1.54, 1.807) is 48.5 Å². The van der Waals surface area contributed by atoms with E-state index in [1.807, 2.05) is 69.8 Å². The van der Waals surface area contributed by atoms with Crippen molar-refractivity contribution in [2.24, 2.45) is 0 Å². The second kappa shape index (κ2) is 16.0. The standard InChI is InChI=1S/C34H22N4O4.BH2P.4ClH.Hf.H2/c39-33(40)21-5-1-19(2-6-21)31-27-13-9-23(35-27)17-25-11-15-29(37-25)32(20-3-7-22(8-4-20)34(41)42)30-16-12-26(38-30)18-24-10-14-28(31)36-24;1-2;;;;;;/h1-18,35,38H,(H,39,40)(H,41,42);2H2;4*1H;;1H/q;;;;;;+4;/p-4. The van der Waals surface area contributed by atoms with Crippen LogP contribution in [0.2, 0.25) is 0 Å². The Kier molecular flexibility index (Phi) is 12.0. The van der Waals surface area contributed by atoms with Gasteiger partial charge in [0.25, 0.3) is 0 Å². The van der Waals surface area contributed by atoms with Crippen molar-refractivity contribution in [2.75, 3.05) is 0 Å². The molecule has 0 aliphatic carbocycles. The first-order chi connectivity index (χ1) is 23.4. The number of aromatic amines is 2. The van der Waals surface area contributed by atoms with Gasteiger partial charge in [0.1, 0.15) is 0 Å². The summed E-state index contributed by atoms with van der Waals surface area (Å²) in [5, 5.41) is 18.7. The first-order valence-corrected chi connectivity index (χ1v) is 32.8. The van der Waals surface area contributed by atoms with E-state index in [-0.39, 0.29) is 12.6 Å².